The summed E-state index contributed by atoms with van der Waals surface area (Å²) in [5.74, 6) is -0.106. The Kier molecular flexibility index (Phi) is 5.21. The smallest absolute Gasteiger partial charge is 0.239 e. The second-order valence-corrected chi connectivity index (χ2v) is 3.29. The topological polar surface area (TPSA) is 73.2 Å². The Morgan fingerprint density at radius 2 is 2.50 bits per heavy atom. The molecular weight excluding hydrogens is 210 g/mol. The van der Waals surface area contributed by atoms with Crippen LogP contribution < -0.4 is 5.32 Å². The third-order valence-electron chi connectivity index (χ3n) is 1.95. The molecule has 0 aliphatic heterocycles. The van der Waals surface area contributed by atoms with E-state index in [0.29, 0.717) is 25.1 Å². The van der Waals surface area contributed by atoms with Gasteiger partial charge < -0.3 is 14.6 Å². The second-order valence-electron chi connectivity index (χ2n) is 3.29. The fraction of sp³-hybridized carbons (Fsp3) is 0.500. The normalized spacial score (nSPS) is 10.1. The van der Waals surface area contributed by atoms with Crippen molar-refractivity contribution in [3.63, 3.8) is 0 Å². The van der Waals surface area contributed by atoms with Crippen LogP contribution in [-0.4, -0.2) is 42.0 Å². The van der Waals surface area contributed by atoms with E-state index >= 15 is 0 Å². The molecule has 0 atom stereocenters. The molecule has 0 saturated heterocycles. The molecule has 1 N–H and O–H groups in total. The number of carbonyl (C=O) groups is 2. The monoisotopic (exact) mass is 225 g/mol. The molecule has 1 aromatic heterocycles. The minimum atomic E-state index is -0.106. The summed E-state index contributed by atoms with van der Waals surface area (Å²) in [5, 5.41) is 2.74. The lowest BCUT2D eigenvalue weighted by atomic mass is 10.4. The summed E-state index contributed by atoms with van der Waals surface area (Å²) in [6.07, 6.45) is 4.42. The van der Waals surface area contributed by atoms with E-state index < -0.39 is 0 Å². The minimum Gasteiger partial charge on any atom is -0.385 e. The quantitative estimate of drug-likeness (QED) is 0.517. The van der Waals surface area contributed by atoms with Crippen molar-refractivity contribution >= 4 is 12.2 Å². The van der Waals surface area contributed by atoms with Crippen molar-refractivity contribution in [1.29, 1.82) is 0 Å². The molecule has 0 aromatic carbocycles. The van der Waals surface area contributed by atoms with Gasteiger partial charge in [-0.1, -0.05) is 0 Å². The van der Waals surface area contributed by atoms with Gasteiger partial charge in [-0.3, -0.25) is 9.59 Å². The fourth-order valence-electron chi connectivity index (χ4n) is 1.19. The van der Waals surface area contributed by atoms with Crippen molar-refractivity contribution in [3.05, 3.63) is 18.2 Å². The van der Waals surface area contributed by atoms with Crippen LogP contribution in [-0.2, 0) is 16.1 Å². The highest BCUT2D eigenvalue weighted by Gasteiger charge is 2.03. The first-order chi connectivity index (χ1) is 7.76. The van der Waals surface area contributed by atoms with E-state index in [1.54, 1.807) is 11.7 Å². The van der Waals surface area contributed by atoms with E-state index in [-0.39, 0.29) is 12.5 Å². The van der Waals surface area contributed by atoms with Crippen molar-refractivity contribution in [1.82, 2.24) is 14.9 Å². The lowest BCUT2D eigenvalue weighted by Crippen LogP contribution is -2.28. The Balaban J connectivity index is 2.25. The summed E-state index contributed by atoms with van der Waals surface area (Å²) in [6, 6.07) is 0. The number of hydrogen-bond acceptors (Lipinski definition) is 4. The maximum Gasteiger partial charge on any atom is 0.239 e. The van der Waals surface area contributed by atoms with Crippen molar-refractivity contribution in [2.75, 3.05) is 20.3 Å². The Labute approximate surface area is 93.6 Å². The minimum absolute atomic E-state index is 0.106. The molecule has 88 valence electrons. The number of hydrogen-bond donors (Lipinski definition) is 1. The third kappa shape index (κ3) is 4.22. The van der Waals surface area contributed by atoms with Crippen LogP contribution in [0.4, 0.5) is 0 Å². The number of rotatable bonds is 7. The zero-order valence-electron chi connectivity index (χ0n) is 9.18. The average molecular weight is 225 g/mol. The summed E-state index contributed by atoms with van der Waals surface area (Å²) in [7, 11) is 1.62. The van der Waals surface area contributed by atoms with Gasteiger partial charge in [0, 0.05) is 26.5 Å². The zero-order valence-corrected chi connectivity index (χ0v) is 9.18. The van der Waals surface area contributed by atoms with Crippen LogP contribution in [0.15, 0.2) is 12.5 Å². The van der Waals surface area contributed by atoms with E-state index in [0.717, 1.165) is 6.42 Å². The van der Waals surface area contributed by atoms with E-state index in [9.17, 15) is 9.59 Å². The number of carbonyl (C=O) groups excluding carboxylic acids is 2. The molecule has 6 nitrogen and oxygen atoms in total. The summed E-state index contributed by atoms with van der Waals surface area (Å²) >= 11 is 0. The predicted molar refractivity (Wildman–Crippen MR) is 57.1 cm³/mol. The Morgan fingerprint density at radius 1 is 1.69 bits per heavy atom. The Bertz CT molecular complexity index is 349. The van der Waals surface area contributed by atoms with Gasteiger partial charge >= 0.3 is 0 Å². The number of methoxy groups -OCH3 is 1. The van der Waals surface area contributed by atoms with Gasteiger partial charge in [0.15, 0.2) is 6.29 Å². The molecule has 1 rings (SSSR count). The fourth-order valence-corrected chi connectivity index (χ4v) is 1.19. The molecule has 0 saturated carbocycles. The van der Waals surface area contributed by atoms with E-state index in [4.69, 9.17) is 4.74 Å². The van der Waals surface area contributed by atoms with Crippen LogP contribution >= 0.6 is 0 Å². The van der Waals surface area contributed by atoms with Crippen molar-refractivity contribution in [2.24, 2.45) is 0 Å². The van der Waals surface area contributed by atoms with E-state index in [1.165, 1.54) is 12.5 Å². The summed E-state index contributed by atoms with van der Waals surface area (Å²) in [4.78, 5) is 25.5. The van der Waals surface area contributed by atoms with Crippen molar-refractivity contribution in [3.8, 4) is 0 Å². The molecule has 0 aliphatic rings. The highest BCUT2D eigenvalue weighted by atomic mass is 16.5. The standard InChI is InChI=1S/C10H15N3O3/c1-16-4-2-3-11-10(15)6-13-5-9(7-14)12-8-13/h5,7-8H,2-4,6H2,1H3,(H,11,15). The van der Waals surface area contributed by atoms with Crippen LogP contribution in [0, 0.1) is 0 Å². The van der Waals surface area contributed by atoms with Gasteiger partial charge in [0.1, 0.15) is 12.2 Å². The first-order valence-corrected chi connectivity index (χ1v) is 4.99. The SMILES string of the molecule is COCCCNC(=O)Cn1cnc(C=O)c1. The maximum atomic E-state index is 11.4. The van der Waals surface area contributed by atoms with Gasteiger partial charge in [-0.2, -0.15) is 0 Å². The van der Waals surface area contributed by atoms with Gasteiger partial charge in [-0.25, -0.2) is 4.98 Å². The highest BCUT2D eigenvalue weighted by Crippen LogP contribution is 1.92. The molecule has 0 fully saturated rings. The number of nitrogens with zero attached hydrogens (tertiary/aromatic N) is 2. The van der Waals surface area contributed by atoms with Gasteiger partial charge in [0.2, 0.25) is 5.91 Å². The first kappa shape index (κ1) is 12.4. The van der Waals surface area contributed by atoms with Crippen molar-refractivity contribution < 1.29 is 14.3 Å². The molecule has 1 aromatic rings. The van der Waals surface area contributed by atoms with Crippen LogP contribution in [0.5, 0.6) is 0 Å². The van der Waals surface area contributed by atoms with Gasteiger partial charge in [-0.15, -0.1) is 0 Å². The lowest BCUT2D eigenvalue weighted by Gasteiger charge is -2.04. The molecule has 0 unspecified atom stereocenters. The largest absolute Gasteiger partial charge is 0.385 e. The van der Waals surface area contributed by atoms with Crippen molar-refractivity contribution in [2.45, 2.75) is 13.0 Å². The van der Waals surface area contributed by atoms with Crippen LogP contribution in [0.1, 0.15) is 16.9 Å². The molecule has 0 spiro atoms. The third-order valence-corrected chi connectivity index (χ3v) is 1.95. The number of aldehydes is 1. The molecule has 0 bridgehead atoms. The molecule has 1 heterocycles. The highest BCUT2D eigenvalue weighted by molar-refractivity contribution is 5.76. The second kappa shape index (κ2) is 6.73. The van der Waals surface area contributed by atoms with Crippen LogP contribution in [0.2, 0.25) is 0 Å². The molecule has 16 heavy (non-hydrogen) atoms. The maximum absolute atomic E-state index is 11.4. The number of amides is 1. The summed E-state index contributed by atoms with van der Waals surface area (Å²) in [6.45, 7) is 1.39. The Morgan fingerprint density at radius 3 is 3.12 bits per heavy atom. The molecule has 0 aliphatic carbocycles. The van der Waals surface area contributed by atoms with Crippen LogP contribution in [0.25, 0.3) is 0 Å². The number of ether oxygens (including phenoxy) is 1. The number of imidazole rings is 1. The summed E-state index contributed by atoms with van der Waals surface area (Å²) in [5.41, 5.74) is 0.326. The predicted octanol–water partition coefficient (Wildman–Crippen LogP) is -0.152. The zero-order chi connectivity index (χ0) is 11.8. The van der Waals surface area contributed by atoms with E-state index in [1.807, 2.05) is 0 Å². The Hall–Kier alpha value is -1.69. The average Bonchev–Trinajstić information content (AvgIpc) is 2.72. The molecular formula is C10H15N3O3. The molecule has 1 amide bonds. The first-order valence-electron chi connectivity index (χ1n) is 4.99. The van der Waals surface area contributed by atoms with E-state index in [2.05, 4.69) is 10.3 Å². The van der Waals surface area contributed by atoms with Gasteiger partial charge in [0.25, 0.3) is 0 Å². The van der Waals surface area contributed by atoms with Gasteiger partial charge in [-0.05, 0) is 6.42 Å². The molecule has 6 heteroatoms. The van der Waals surface area contributed by atoms with Crippen LogP contribution in [0.3, 0.4) is 0 Å². The number of nitrogens with one attached hydrogen (secondary N) is 1. The lowest BCUT2D eigenvalue weighted by molar-refractivity contribution is -0.121. The number of aromatic nitrogens is 2. The van der Waals surface area contributed by atoms with Gasteiger partial charge in [0.05, 0.1) is 6.33 Å². The molecule has 0 radical (unpaired) electrons. The summed E-state index contributed by atoms with van der Waals surface area (Å²) < 4.78 is 6.42.